The number of fused-ring (bicyclic) bond motifs is 1. The Kier molecular flexibility index (Phi) is 1.25. The minimum absolute atomic E-state index is 0.279. The molecule has 0 saturated carbocycles. The van der Waals surface area contributed by atoms with Crippen molar-refractivity contribution >= 4 is 11.2 Å². The Morgan fingerprint density at radius 3 is 3.00 bits per heavy atom. The number of nitriles is 1. The molecule has 0 saturated heterocycles. The molecule has 0 bridgehead atoms. The Morgan fingerprint density at radius 1 is 1.50 bits per heavy atom. The summed E-state index contributed by atoms with van der Waals surface area (Å²) in [7, 11) is 0. The number of rotatable bonds is 0. The van der Waals surface area contributed by atoms with Gasteiger partial charge in [-0.1, -0.05) is 6.07 Å². The van der Waals surface area contributed by atoms with Crippen molar-refractivity contribution in [3.8, 4) is 6.07 Å². The summed E-state index contributed by atoms with van der Waals surface area (Å²) in [5, 5.41) is 12.6. The van der Waals surface area contributed by atoms with E-state index in [0.29, 0.717) is 5.69 Å². The van der Waals surface area contributed by atoms with Gasteiger partial charge >= 0.3 is 0 Å². The molecule has 0 fully saturated rings. The van der Waals surface area contributed by atoms with Crippen LogP contribution in [0.3, 0.4) is 0 Å². The van der Waals surface area contributed by atoms with Gasteiger partial charge in [0.05, 0.1) is 11.2 Å². The molecule has 4 heteroatoms. The highest BCUT2D eigenvalue weighted by molar-refractivity contribution is 5.74. The fourth-order valence-electron chi connectivity index (χ4n) is 1.10. The molecule has 0 spiro atoms. The first-order chi connectivity index (χ1) is 5.83. The maximum Gasteiger partial charge on any atom is 0.186 e. The second kappa shape index (κ2) is 2.24. The van der Waals surface area contributed by atoms with Gasteiger partial charge in [0.15, 0.2) is 5.69 Å². The van der Waals surface area contributed by atoms with Crippen LogP contribution in [0, 0.1) is 11.3 Å². The van der Waals surface area contributed by atoms with Gasteiger partial charge in [0.1, 0.15) is 6.07 Å². The molecule has 2 rings (SSSR count). The van der Waals surface area contributed by atoms with E-state index in [2.05, 4.69) is 5.10 Å². The van der Waals surface area contributed by atoms with Crippen molar-refractivity contribution in [1.82, 2.24) is 9.61 Å². The Hall–Kier alpha value is -2.02. The molecule has 0 atom stereocenters. The lowest BCUT2D eigenvalue weighted by Crippen LogP contribution is -1.85. The monoisotopic (exact) mass is 158 g/mol. The molecule has 2 N–H and O–H groups in total. The Bertz CT molecular complexity index is 463. The van der Waals surface area contributed by atoms with Crippen LogP contribution in [-0.2, 0) is 0 Å². The molecule has 2 heterocycles. The topological polar surface area (TPSA) is 67.1 Å². The van der Waals surface area contributed by atoms with E-state index in [9.17, 15) is 0 Å². The van der Waals surface area contributed by atoms with Gasteiger partial charge in [0.2, 0.25) is 0 Å². The highest BCUT2D eigenvalue weighted by Crippen LogP contribution is 2.16. The fraction of sp³-hybridized carbons (Fsp3) is 0. The maximum atomic E-state index is 8.61. The van der Waals surface area contributed by atoms with Gasteiger partial charge in [-0.05, 0) is 12.1 Å². The van der Waals surface area contributed by atoms with Crippen molar-refractivity contribution in [1.29, 1.82) is 5.26 Å². The number of hydrogen-bond acceptors (Lipinski definition) is 3. The van der Waals surface area contributed by atoms with Crippen molar-refractivity contribution in [3.05, 3.63) is 30.1 Å². The molecule has 2 aromatic heterocycles. The normalized spacial score (nSPS) is 9.92. The van der Waals surface area contributed by atoms with E-state index in [1.807, 2.05) is 24.3 Å². The molecule has 12 heavy (non-hydrogen) atoms. The molecular weight excluding hydrogens is 152 g/mol. The van der Waals surface area contributed by atoms with Crippen molar-refractivity contribution in [2.75, 3.05) is 5.73 Å². The average Bonchev–Trinajstić information content (AvgIpc) is 2.44. The zero-order valence-electron chi connectivity index (χ0n) is 6.23. The number of aromatic nitrogens is 2. The second-order valence-corrected chi connectivity index (χ2v) is 2.40. The van der Waals surface area contributed by atoms with Crippen LogP contribution < -0.4 is 5.73 Å². The Balaban J connectivity index is 2.90. The summed E-state index contributed by atoms with van der Waals surface area (Å²) >= 11 is 0. The number of nitrogens with zero attached hydrogens (tertiary/aromatic N) is 3. The van der Waals surface area contributed by atoms with E-state index in [1.54, 1.807) is 10.7 Å². The van der Waals surface area contributed by atoms with Gasteiger partial charge in [-0.25, -0.2) is 4.52 Å². The minimum Gasteiger partial charge on any atom is -0.395 e. The summed E-state index contributed by atoms with van der Waals surface area (Å²) in [6.45, 7) is 0. The van der Waals surface area contributed by atoms with Crippen molar-refractivity contribution in [2.45, 2.75) is 0 Å². The largest absolute Gasteiger partial charge is 0.395 e. The highest BCUT2D eigenvalue weighted by Gasteiger charge is 2.06. The predicted octanol–water partition coefficient (Wildman–Crippen LogP) is 0.788. The van der Waals surface area contributed by atoms with Gasteiger partial charge in [-0.15, -0.1) is 0 Å². The van der Waals surface area contributed by atoms with Crippen molar-refractivity contribution < 1.29 is 0 Å². The van der Waals surface area contributed by atoms with E-state index in [1.165, 1.54) is 0 Å². The second-order valence-electron chi connectivity index (χ2n) is 2.40. The van der Waals surface area contributed by atoms with Crippen LogP contribution in [0.5, 0.6) is 0 Å². The van der Waals surface area contributed by atoms with Crippen molar-refractivity contribution in [2.24, 2.45) is 0 Å². The molecule has 4 nitrogen and oxygen atoms in total. The van der Waals surface area contributed by atoms with Gasteiger partial charge in [0.25, 0.3) is 0 Å². The summed E-state index contributed by atoms with van der Waals surface area (Å²) in [5.74, 6) is 0. The number of pyridine rings is 1. The SMILES string of the molecule is N#Cc1nn2ccccc2c1N. The van der Waals surface area contributed by atoms with Crippen LogP contribution in [0.15, 0.2) is 24.4 Å². The summed E-state index contributed by atoms with van der Waals surface area (Å²) in [6, 6.07) is 7.44. The predicted molar refractivity (Wildman–Crippen MR) is 44.3 cm³/mol. The maximum absolute atomic E-state index is 8.61. The standard InChI is InChI=1S/C8H6N4/c9-5-6-8(10)7-3-1-2-4-12(7)11-6/h1-4H,10H2. The van der Waals surface area contributed by atoms with Crippen LogP contribution >= 0.6 is 0 Å². The lowest BCUT2D eigenvalue weighted by atomic mass is 10.3. The molecule has 2 aromatic rings. The first kappa shape index (κ1) is 6.68. The molecule has 58 valence electrons. The summed E-state index contributed by atoms with van der Waals surface area (Å²) in [6.07, 6.45) is 1.76. The van der Waals surface area contributed by atoms with E-state index in [-0.39, 0.29) is 5.69 Å². The Labute approximate surface area is 68.8 Å². The summed E-state index contributed by atoms with van der Waals surface area (Å²) in [5.41, 5.74) is 7.14. The average molecular weight is 158 g/mol. The molecule has 0 aliphatic rings. The number of anilines is 1. The molecular formula is C8H6N4. The molecule has 0 aliphatic carbocycles. The van der Waals surface area contributed by atoms with Crippen molar-refractivity contribution in [3.63, 3.8) is 0 Å². The van der Waals surface area contributed by atoms with Crippen LogP contribution in [0.4, 0.5) is 5.69 Å². The summed E-state index contributed by atoms with van der Waals surface area (Å²) < 4.78 is 1.59. The molecule has 0 aromatic carbocycles. The third-order valence-electron chi connectivity index (χ3n) is 1.68. The first-order valence-corrected chi connectivity index (χ1v) is 3.46. The quantitative estimate of drug-likeness (QED) is 0.616. The number of nitrogens with two attached hydrogens (primary N) is 1. The smallest absolute Gasteiger partial charge is 0.186 e. The number of hydrogen-bond donors (Lipinski definition) is 1. The molecule has 0 amide bonds. The van der Waals surface area contributed by atoms with E-state index in [0.717, 1.165) is 5.52 Å². The first-order valence-electron chi connectivity index (χ1n) is 3.46. The van der Waals surface area contributed by atoms with Crippen LogP contribution in [0.2, 0.25) is 0 Å². The van der Waals surface area contributed by atoms with Crippen LogP contribution in [0.25, 0.3) is 5.52 Å². The third kappa shape index (κ3) is 0.736. The van der Waals surface area contributed by atoms with Gasteiger partial charge in [-0.2, -0.15) is 10.4 Å². The third-order valence-corrected chi connectivity index (χ3v) is 1.68. The highest BCUT2D eigenvalue weighted by atomic mass is 15.2. The van der Waals surface area contributed by atoms with Crippen LogP contribution in [0.1, 0.15) is 5.69 Å². The van der Waals surface area contributed by atoms with E-state index in [4.69, 9.17) is 11.0 Å². The van der Waals surface area contributed by atoms with Crippen LogP contribution in [-0.4, -0.2) is 9.61 Å². The van der Waals surface area contributed by atoms with E-state index < -0.39 is 0 Å². The lowest BCUT2D eigenvalue weighted by molar-refractivity contribution is 0.950. The molecule has 0 radical (unpaired) electrons. The molecule has 0 unspecified atom stereocenters. The Morgan fingerprint density at radius 2 is 2.33 bits per heavy atom. The zero-order chi connectivity index (χ0) is 8.55. The lowest BCUT2D eigenvalue weighted by Gasteiger charge is -1.89. The van der Waals surface area contributed by atoms with Gasteiger partial charge < -0.3 is 5.73 Å². The summed E-state index contributed by atoms with van der Waals surface area (Å²) in [4.78, 5) is 0. The van der Waals surface area contributed by atoms with E-state index >= 15 is 0 Å². The minimum atomic E-state index is 0.279. The zero-order valence-corrected chi connectivity index (χ0v) is 6.23. The fourth-order valence-corrected chi connectivity index (χ4v) is 1.10. The molecule has 0 aliphatic heterocycles. The van der Waals surface area contributed by atoms with Gasteiger partial charge in [-0.3, -0.25) is 0 Å². The number of nitrogen functional groups attached to an aromatic ring is 1. The van der Waals surface area contributed by atoms with Gasteiger partial charge in [0, 0.05) is 6.20 Å².